The zero-order valence-electron chi connectivity index (χ0n) is 11.3. The fourth-order valence-corrected chi connectivity index (χ4v) is 2.11. The van der Waals surface area contributed by atoms with Crippen molar-refractivity contribution in [3.63, 3.8) is 0 Å². The molecule has 0 aliphatic carbocycles. The van der Waals surface area contributed by atoms with Gasteiger partial charge in [0.1, 0.15) is 0 Å². The van der Waals surface area contributed by atoms with Crippen LogP contribution in [0.25, 0.3) is 0 Å². The summed E-state index contributed by atoms with van der Waals surface area (Å²) >= 11 is 0. The van der Waals surface area contributed by atoms with Crippen molar-refractivity contribution < 1.29 is 4.79 Å². The van der Waals surface area contributed by atoms with Crippen LogP contribution in [0.5, 0.6) is 0 Å². The molecule has 0 aliphatic rings. The Balaban J connectivity index is 2.71. The first-order chi connectivity index (χ1) is 8.22. The van der Waals surface area contributed by atoms with Gasteiger partial charge in [-0.15, -0.1) is 0 Å². The lowest BCUT2D eigenvalue weighted by Crippen LogP contribution is -2.14. The Labute approximate surface area is 105 Å². The van der Waals surface area contributed by atoms with Crippen LogP contribution in [-0.4, -0.2) is 5.78 Å². The molecule has 94 valence electrons. The van der Waals surface area contributed by atoms with Crippen molar-refractivity contribution in [2.45, 2.75) is 52.9 Å². The third-order valence-corrected chi connectivity index (χ3v) is 3.42. The van der Waals surface area contributed by atoms with Crippen LogP contribution in [0.2, 0.25) is 0 Å². The molecule has 0 spiro atoms. The van der Waals surface area contributed by atoms with Crippen LogP contribution in [0, 0.1) is 5.92 Å². The van der Waals surface area contributed by atoms with E-state index < -0.39 is 0 Å². The van der Waals surface area contributed by atoms with E-state index in [1.807, 2.05) is 12.1 Å². The number of carbonyl (C=O) groups is 1. The fraction of sp³-hybridized carbons (Fsp3) is 0.562. The van der Waals surface area contributed by atoms with Crippen molar-refractivity contribution in [1.29, 1.82) is 0 Å². The fourth-order valence-electron chi connectivity index (χ4n) is 2.11. The van der Waals surface area contributed by atoms with E-state index in [4.69, 9.17) is 0 Å². The average Bonchev–Trinajstić information content (AvgIpc) is 2.39. The second kappa shape index (κ2) is 7.26. The van der Waals surface area contributed by atoms with E-state index in [1.165, 1.54) is 12.0 Å². The highest BCUT2D eigenvalue weighted by molar-refractivity contribution is 5.97. The summed E-state index contributed by atoms with van der Waals surface area (Å²) in [6.07, 6.45) is 5.33. The molecule has 1 heteroatoms. The van der Waals surface area contributed by atoms with Gasteiger partial charge in [0.25, 0.3) is 0 Å². The number of hydrogen-bond donors (Lipinski definition) is 0. The van der Waals surface area contributed by atoms with Crippen molar-refractivity contribution >= 4 is 5.78 Å². The van der Waals surface area contributed by atoms with E-state index in [0.717, 1.165) is 31.2 Å². The van der Waals surface area contributed by atoms with Crippen molar-refractivity contribution in [1.82, 2.24) is 0 Å². The Morgan fingerprint density at radius 3 is 2.24 bits per heavy atom. The number of carbonyl (C=O) groups excluding carboxylic acids is 1. The molecular formula is C16H24O. The molecular weight excluding hydrogens is 208 g/mol. The summed E-state index contributed by atoms with van der Waals surface area (Å²) in [5, 5.41) is 0. The van der Waals surface area contributed by atoms with Crippen molar-refractivity contribution in [2.75, 3.05) is 0 Å². The van der Waals surface area contributed by atoms with E-state index in [1.54, 1.807) is 0 Å². The lowest BCUT2D eigenvalue weighted by atomic mass is 9.90. The normalized spacial score (nSPS) is 12.4. The molecule has 17 heavy (non-hydrogen) atoms. The first kappa shape index (κ1) is 14.0. The third kappa shape index (κ3) is 3.99. The van der Waals surface area contributed by atoms with Gasteiger partial charge in [0.2, 0.25) is 0 Å². The maximum Gasteiger partial charge on any atom is 0.165 e. The summed E-state index contributed by atoms with van der Waals surface area (Å²) in [5.74, 6) is 0.533. The highest BCUT2D eigenvalue weighted by atomic mass is 16.1. The third-order valence-electron chi connectivity index (χ3n) is 3.42. The van der Waals surface area contributed by atoms with Gasteiger partial charge < -0.3 is 0 Å². The molecule has 1 aromatic carbocycles. The van der Waals surface area contributed by atoms with E-state index in [0.29, 0.717) is 5.78 Å². The maximum absolute atomic E-state index is 12.3. The van der Waals surface area contributed by atoms with Gasteiger partial charge >= 0.3 is 0 Å². The van der Waals surface area contributed by atoms with Gasteiger partial charge in [-0.05, 0) is 24.8 Å². The second-order valence-corrected chi connectivity index (χ2v) is 4.66. The first-order valence-electron chi connectivity index (χ1n) is 6.86. The predicted molar refractivity (Wildman–Crippen MR) is 73.5 cm³/mol. The van der Waals surface area contributed by atoms with E-state index in [-0.39, 0.29) is 5.92 Å². The Kier molecular flexibility index (Phi) is 5.96. The van der Waals surface area contributed by atoms with Gasteiger partial charge in [0.15, 0.2) is 5.78 Å². The summed E-state index contributed by atoms with van der Waals surface area (Å²) < 4.78 is 0. The molecule has 1 aromatic rings. The number of aryl methyl sites for hydroxylation is 1. The number of hydrogen-bond acceptors (Lipinski definition) is 1. The van der Waals surface area contributed by atoms with E-state index in [2.05, 4.69) is 32.9 Å². The molecule has 0 radical (unpaired) electrons. The Hall–Kier alpha value is -1.11. The quantitative estimate of drug-likeness (QED) is 0.625. The number of benzene rings is 1. The summed E-state index contributed by atoms with van der Waals surface area (Å²) in [6.45, 7) is 6.42. The molecule has 1 unspecified atom stereocenters. The van der Waals surface area contributed by atoms with E-state index in [9.17, 15) is 4.79 Å². The predicted octanol–water partition coefficient (Wildman–Crippen LogP) is 4.65. The number of rotatable bonds is 7. The van der Waals surface area contributed by atoms with E-state index >= 15 is 0 Å². The molecule has 0 saturated heterocycles. The lowest BCUT2D eigenvalue weighted by Gasteiger charge is -2.13. The zero-order valence-corrected chi connectivity index (χ0v) is 11.3. The van der Waals surface area contributed by atoms with Crippen molar-refractivity contribution in [3.05, 3.63) is 35.4 Å². The molecule has 0 aliphatic heterocycles. The van der Waals surface area contributed by atoms with Gasteiger partial charge in [-0.25, -0.2) is 0 Å². The minimum Gasteiger partial charge on any atom is -0.294 e. The minimum absolute atomic E-state index is 0.211. The summed E-state index contributed by atoms with van der Waals surface area (Å²) in [4.78, 5) is 12.3. The minimum atomic E-state index is 0.211. The standard InChI is InChI=1S/C16H24O/c1-4-7-8-14(6-3)16(17)15-11-9-13(5-2)10-12-15/h9-12,14H,4-8H2,1-3H3. The smallest absolute Gasteiger partial charge is 0.165 e. The topological polar surface area (TPSA) is 17.1 Å². The second-order valence-electron chi connectivity index (χ2n) is 4.66. The van der Waals surface area contributed by atoms with Crippen LogP contribution in [0.1, 0.15) is 62.4 Å². The molecule has 1 nitrogen and oxygen atoms in total. The highest BCUT2D eigenvalue weighted by Gasteiger charge is 2.17. The number of unbranched alkanes of at least 4 members (excludes halogenated alkanes) is 1. The molecule has 0 fully saturated rings. The van der Waals surface area contributed by atoms with Crippen LogP contribution in [0.15, 0.2) is 24.3 Å². The van der Waals surface area contributed by atoms with Crippen LogP contribution in [0.3, 0.4) is 0 Å². The summed E-state index contributed by atoms with van der Waals surface area (Å²) in [7, 11) is 0. The molecule has 1 rings (SSSR count). The SMILES string of the molecule is CCCCC(CC)C(=O)c1ccc(CC)cc1. The van der Waals surface area contributed by atoms with Crippen LogP contribution < -0.4 is 0 Å². The molecule has 0 N–H and O–H groups in total. The van der Waals surface area contributed by atoms with Gasteiger partial charge in [0, 0.05) is 11.5 Å². The Bertz CT molecular complexity index is 337. The van der Waals surface area contributed by atoms with Crippen molar-refractivity contribution in [3.8, 4) is 0 Å². The molecule has 1 atom stereocenters. The number of Topliss-reactive ketones (excluding diaryl/α,β-unsaturated/α-hetero) is 1. The zero-order chi connectivity index (χ0) is 12.7. The highest BCUT2D eigenvalue weighted by Crippen LogP contribution is 2.19. The van der Waals surface area contributed by atoms with Crippen molar-refractivity contribution in [2.24, 2.45) is 5.92 Å². The van der Waals surface area contributed by atoms with Crippen LogP contribution in [0.4, 0.5) is 0 Å². The van der Waals surface area contributed by atoms with Gasteiger partial charge in [-0.3, -0.25) is 4.79 Å². The largest absolute Gasteiger partial charge is 0.294 e. The monoisotopic (exact) mass is 232 g/mol. The van der Waals surface area contributed by atoms with Gasteiger partial charge in [-0.1, -0.05) is 57.9 Å². The molecule has 0 heterocycles. The average molecular weight is 232 g/mol. The Morgan fingerprint density at radius 1 is 1.12 bits per heavy atom. The first-order valence-corrected chi connectivity index (χ1v) is 6.86. The maximum atomic E-state index is 12.3. The van der Waals surface area contributed by atoms with Crippen LogP contribution in [-0.2, 0) is 6.42 Å². The van der Waals surface area contributed by atoms with Gasteiger partial charge in [-0.2, -0.15) is 0 Å². The van der Waals surface area contributed by atoms with Crippen LogP contribution >= 0.6 is 0 Å². The summed E-state index contributed by atoms with van der Waals surface area (Å²) in [5.41, 5.74) is 2.17. The molecule has 0 bridgehead atoms. The number of ketones is 1. The van der Waals surface area contributed by atoms with Gasteiger partial charge in [0.05, 0.1) is 0 Å². The molecule has 0 aromatic heterocycles. The lowest BCUT2D eigenvalue weighted by molar-refractivity contribution is 0.0908. The molecule has 0 saturated carbocycles. The summed E-state index contributed by atoms with van der Waals surface area (Å²) in [6, 6.07) is 8.10. The Morgan fingerprint density at radius 2 is 1.76 bits per heavy atom. The molecule has 0 amide bonds.